The molecule has 9 heteroatoms. The Morgan fingerprint density at radius 2 is 2.25 bits per heavy atom. The van der Waals surface area contributed by atoms with Gasteiger partial charge in [-0.3, -0.25) is 9.10 Å². The van der Waals surface area contributed by atoms with E-state index < -0.39 is 15.9 Å². The number of rotatable bonds is 7. The molecule has 1 saturated heterocycles. The first-order valence-corrected chi connectivity index (χ1v) is 9.73. The number of carbonyl (C=O) groups excluding carboxylic acids is 1. The van der Waals surface area contributed by atoms with Gasteiger partial charge in [-0.2, -0.15) is 0 Å². The van der Waals surface area contributed by atoms with E-state index in [4.69, 9.17) is 21.1 Å². The number of anilines is 1. The van der Waals surface area contributed by atoms with Crippen molar-refractivity contribution in [2.45, 2.75) is 18.9 Å². The SMILES string of the molecule is COc1ccc(Cl)cc1N(CC(=O)NCC1CCCO1)S(C)(=O)=O. The first-order valence-electron chi connectivity index (χ1n) is 7.51. The number of hydrogen-bond donors (Lipinski definition) is 1. The highest BCUT2D eigenvalue weighted by Crippen LogP contribution is 2.32. The number of carbonyl (C=O) groups is 1. The van der Waals surface area contributed by atoms with Crippen molar-refractivity contribution in [1.82, 2.24) is 5.32 Å². The van der Waals surface area contributed by atoms with E-state index in [0.29, 0.717) is 23.9 Å². The Kier molecular flexibility index (Phi) is 6.31. The summed E-state index contributed by atoms with van der Waals surface area (Å²) in [6.45, 7) is 0.696. The summed E-state index contributed by atoms with van der Waals surface area (Å²) in [4.78, 5) is 12.2. The molecule has 1 aliphatic rings. The summed E-state index contributed by atoms with van der Waals surface area (Å²) in [5.41, 5.74) is 0.222. The Morgan fingerprint density at radius 1 is 1.50 bits per heavy atom. The summed E-state index contributed by atoms with van der Waals surface area (Å²) in [6, 6.07) is 4.59. The predicted octanol–water partition coefficient (Wildman–Crippen LogP) is 1.41. The van der Waals surface area contributed by atoms with Crippen LogP contribution in [0.15, 0.2) is 18.2 Å². The van der Waals surface area contributed by atoms with Gasteiger partial charge in [0.15, 0.2) is 0 Å². The molecule has 1 N–H and O–H groups in total. The molecule has 0 spiro atoms. The van der Waals surface area contributed by atoms with Gasteiger partial charge in [0.1, 0.15) is 12.3 Å². The maximum atomic E-state index is 12.2. The molecule has 1 heterocycles. The second kappa shape index (κ2) is 8.04. The second-order valence-corrected chi connectivity index (χ2v) is 7.87. The molecule has 1 aromatic carbocycles. The van der Waals surface area contributed by atoms with E-state index in [9.17, 15) is 13.2 Å². The lowest BCUT2D eigenvalue weighted by Gasteiger charge is -2.24. The molecule has 1 aliphatic heterocycles. The number of nitrogens with zero attached hydrogens (tertiary/aromatic N) is 1. The maximum Gasteiger partial charge on any atom is 0.240 e. The monoisotopic (exact) mass is 376 g/mol. The fraction of sp³-hybridized carbons (Fsp3) is 0.533. The highest BCUT2D eigenvalue weighted by molar-refractivity contribution is 7.92. The van der Waals surface area contributed by atoms with Gasteiger partial charge in [0.2, 0.25) is 15.9 Å². The summed E-state index contributed by atoms with van der Waals surface area (Å²) in [6.07, 6.45) is 2.87. The Morgan fingerprint density at radius 3 is 2.83 bits per heavy atom. The van der Waals surface area contributed by atoms with Gasteiger partial charge < -0.3 is 14.8 Å². The molecule has 0 aliphatic carbocycles. The van der Waals surface area contributed by atoms with Gasteiger partial charge >= 0.3 is 0 Å². The molecule has 1 atom stereocenters. The van der Waals surface area contributed by atoms with Crippen LogP contribution in [0.5, 0.6) is 5.75 Å². The highest BCUT2D eigenvalue weighted by Gasteiger charge is 2.25. The lowest BCUT2D eigenvalue weighted by atomic mass is 10.2. The van der Waals surface area contributed by atoms with Crippen LogP contribution in [0, 0.1) is 0 Å². The molecule has 2 rings (SSSR count). The van der Waals surface area contributed by atoms with Crippen molar-refractivity contribution in [2.75, 3.05) is 37.4 Å². The van der Waals surface area contributed by atoms with Crippen LogP contribution in [-0.4, -0.2) is 53.5 Å². The highest BCUT2D eigenvalue weighted by atomic mass is 35.5. The van der Waals surface area contributed by atoms with E-state index in [0.717, 1.165) is 23.4 Å². The molecule has 0 bridgehead atoms. The van der Waals surface area contributed by atoms with Crippen LogP contribution in [0.2, 0.25) is 5.02 Å². The smallest absolute Gasteiger partial charge is 0.240 e. The number of sulfonamides is 1. The lowest BCUT2D eigenvalue weighted by molar-refractivity contribution is -0.120. The van der Waals surface area contributed by atoms with Gasteiger partial charge in [-0.15, -0.1) is 0 Å². The van der Waals surface area contributed by atoms with E-state index in [1.807, 2.05) is 0 Å². The molecular weight excluding hydrogens is 356 g/mol. The van der Waals surface area contributed by atoms with Gasteiger partial charge in [0.25, 0.3) is 0 Å². The van der Waals surface area contributed by atoms with E-state index in [-0.39, 0.29) is 18.3 Å². The standard InChI is InChI=1S/C15H21ClN2O5S/c1-22-14-6-5-11(16)8-13(14)18(24(2,20)21)10-15(19)17-9-12-4-3-7-23-12/h5-6,8,12H,3-4,7,9-10H2,1-2H3,(H,17,19). The minimum atomic E-state index is -3.70. The summed E-state index contributed by atoms with van der Waals surface area (Å²) in [5, 5.41) is 3.05. The van der Waals surface area contributed by atoms with E-state index in [1.165, 1.54) is 13.2 Å². The van der Waals surface area contributed by atoms with Crippen LogP contribution in [0.25, 0.3) is 0 Å². The number of hydrogen-bond acceptors (Lipinski definition) is 5. The van der Waals surface area contributed by atoms with E-state index >= 15 is 0 Å². The van der Waals surface area contributed by atoms with Gasteiger partial charge in [0.05, 0.1) is 25.2 Å². The zero-order valence-electron chi connectivity index (χ0n) is 13.6. The number of amides is 1. The molecule has 0 saturated carbocycles. The third-order valence-electron chi connectivity index (χ3n) is 3.65. The van der Waals surface area contributed by atoms with Crippen LogP contribution in [0.3, 0.4) is 0 Å². The minimum Gasteiger partial charge on any atom is -0.495 e. The van der Waals surface area contributed by atoms with Crippen LogP contribution in [-0.2, 0) is 19.6 Å². The lowest BCUT2D eigenvalue weighted by Crippen LogP contribution is -2.42. The molecule has 1 aromatic rings. The van der Waals surface area contributed by atoms with Crippen molar-refractivity contribution in [1.29, 1.82) is 0 Å². The van der Waals surface area contributed by atoms with Gasteiger partial charge in [0, 0.05) is 18.2 Å². The predicted molar refractivity (Wildman–Crippen MR) is 92.2 cm³/mol. The zero-order chi connectivity index (χ0) is 17.7. The van der Waals surface area contributed by atoms with Crippen molar-refractivity contribution >= 4 is 33.2 Å². The largest absolute Gasteiger partial charge is 0.495 e. The summed E-state index contributed by atoms with van der Waals surface area (Å²) >= 11 is 5.96. The van der Waals surface area contributed by atoms with E-state index in [2.05, 4.69) is 5.32 Å². The van der Waals surface area contributed by atoms with Crippen LogP contribution in [0.1, 0.15) is 12.8 Å². The van der Waals surface area contributed by atoms with Crippen molar-refractivity contribution < 1.29 is 22.7 Å². The fourth-order valence-corrected chi connectivity index (χ4v) is 3.48. The Balaban J connectivity index is 2.14. The van der Waals surface area contributed by atoms with Crippen LogP contribution >= 0.6 is 11.6 Å². The van der Waals surface area contributed by atoms with Crippen molar-refractivity contribution in [3.8, 4) is 5.75 Å². The average molecular weight is 377 g/mol. The fourth-order valence-electron chi connectivity index (χ4n) is 2.46. The summed E-state index contributed by atoms with van der Waals surface area (Å²) in [7, 11) is -2.28. The number of methoxy groups -OCH3 is 1. The third kappa shape index (κ3) is 4.99. The third-order valence-corrected chi connectivity index (χ3v) is 5.01. The maximum absolute atomic E-state index is 12.2. The average Bonchev–Trinajstić information content (AvgIpc) is 3.03. The summed E-state index contributed by atoms with van der Waals surface area (Å²) in [5.74, 6) is -0.102. The normalized spacial score (nSPS) is 17.5. The minimum absolute atomic E-state index is 0.0126. The van der Waals surface area contributed by atoms with Crippen LogP contribution < -0.4 is 14.4 Å². The van der Waals surface area contributed by atoms with Gasteiger partial charge in [-0.1, -0.05) is 11.6 Å². The molecule has 0 radical (unpaired) electrons. The van der Waals surface area contributed by atoms with Crippen molar-refractivity contribution in [2.24, 2.45) is 0 Å². The van der Waals surface area contributed by atoms with Crippen molar-refractivity contribution in [3.05, 3.63) is 23.2 Å². The van der Waals surface area contributed by atoms with Crippen molar-refractivity contribution in [3.63, 3.8) is 0 Å². The summed E-state index contributed by atoms with van der Waals surface area (Å²) < 4.78 is 35.8. The van der Waals surface area contributed by atoms with Crippen LogP contribution in [0.4, 0.5) is 5.69 Å². The zero-order valence-corrected chi connectivity index (χ0v) is 15.2. The molecular formula is C15H21ClN2O5S. The van der Waals surface area contributed by atoms with Gasteiger partial charge in [-0.25, -0.2) is 8.42 Å². The molecule has 24 heavy (non-hydrogen) atoms. The molecule has 1 unspecified atom stereocenters. The first kappa shape index (κ1) is 18.8. The number of benzene rings is 1. The number of halogens is 1. The quantitative estimate of drug-likeness (QED) is 0.777. The topological polar surface area (TPSA) is 84.9 Å². The molecule has 7 nitrogen and oxygen atoms in total. The Labute approximate surface area is 146 Å². The molecule has 1 amide bonds. The Bertz CT molecular complexity index is 689. The Hall–Kier alpha value is -1.51. The van der Waals surface area contributed by atoms with Gasteiger partial charge in [-0.05, 0) is 31.0 Å². The number of nitrogens with one attached hydrogen (secondary N) is 1. The molecule has 134 valence electrons. The van der Waals surface area contributed by atoms with E-state index in [1.54, 1.807) is 12.1 Å². The number of ether oxygens (including phenoxy) is 2. The second-order valence-electron chi connectivity index (χ2n) is 5.52. The first-order chi connectivity index (χ1) is 11.3. The molecule has 1 fully saturated rings. The molecule has 0 aromatic heterocycles.